The van der Waals surface area contributed by atoms with E-state index in [1.54, 1.807) is 0 Å². The predicted molar refractivity (Wildman–Crippen MR) is 94.8 cm³/mol. The summed E-state index contributed by atoms with van der Waals surface area (Å²) in [6.45, 7) is -0.206. The SMILES string of the molecule is COC(=O)c1sc(N)c(C(=O)OC)c1COC(=O)C[C@@H]1C[C@H]2CC[C@@H]1C2. The highest BCUT2D eigenvalue weighted by Crippen LogP contribution is 2.49. The number of ether oxygens (including phenoxy) is 3. The molecule has 0 radical (unpaired) electrons. The summed E-state index contributed by atoms with van der Waals surface area (Å²) in [5.41, 5.74) is 6.16. The molecule has 2 aliphatic rings. The van der Waals surface area contributed by atoms with Gasteiger partial charge in [0.05, 0.1) is 14.2 Å². The minimum absolute atomic E-state index is 0.0608. The van der Waals surface area contributed by atoms with Crippen LogP contribution in [0.25, 0.3) is 0 Å². The number of hydrogen-bond acceptors (Lipinski definition) is 8. The first kappa shape index (κ1) is 18.7. The van der Waals surface area contributed by atoms with Crippen molar-refractivity contribution in [1.29, 1.82) is 0 Å². The Balaban J connectivity index is 1.70. The fraction of sp³-hybridized carbons (Fsp3) is 0.611. The molecular weight excluding hydrogens is 358 g/mol. The number of nitrogen functional groups attached to an aromatic ring is 1. The summed E-state index contributed by atoms with van der Waals surface area (Å²) in [6.07, 6.45) is 5.16. The van der Waals surface area contributed by atoms with Crippen LogP contribution in [0.2, 0.25) is 0 Å². The van der Waals surface area contributed by atoms with Crippen molar-refractivity contribution in [3.05, 3.63) is 16.0 Å². The van der Waals surface area contributed by atoms with Crippen molar-refractivity contribution >= 4 is 34.2 Å². The Labute approximate surface area is 155 Å². The molecule has 2 saturated carbocycles. The van der Waals surface area contributed by atoms with Gasteiger partial charge in [-0.3, -0.25) is 4.79 Å². The van der Waals surface area contributed by atoms with Gasteiger partial charge in [-0.25, -0.2) is 9.59 Å². The third kappa shape index (κ3) is 3.56. The molecule has 0 saturated heterocycles. The van der Waals surface area contributed by atoms with E-state index in [-0.39, 0.29) is 33.6 Å². The lowest BCUT2D eigenvalue weighted by Gasteiger charge is -2.20. The molecule has 8 heteroatoms. The van der Waals surface area contributed by atoms with E-state index in [1.807, 2.05) is 0 Å². The van der Waals surface area contributed by atoms with Gasteiger partial charge in [-0.2, -0.15) is 0 Å². The lowest BCUT2D eigenvalue weighted by molar-refractivity contribution is -0.146. The molecule has 0 amide bonds. The maximum absolute atomic E-state index is 12.3. The zero-order valence-electron chi connectivity index (χ0n) is 14.9. The molecule has 0 unspecified atom stereocenters. The average molecular weight is 381 g/mol. The Kier molecular flexibility index (Phi) is 5.50. The first-order chi connectivity index (χ1) is 12.4. The Morgan fingerprint density at radius 3 is 2.42 bits per heavy atom. The van der Waals surface area contributed by atoms with Gasteiger partial charge in [0.25, 0.3) is 0 Å². The van der Waals surface area contributed by atoms with E-state index in [0.29, 0.717) is 18.3 Å². The smallest absolute Gasteiger partial charge is 0.348 e. The maximum atomic E-state index is 12.3. The van der Waals surface area contributed by atoms with Crippen molar-refractivity contribution < 1.29 is 28.6 Å². The highest BCUT2D eigenvalue weighted by Gasteiger charge is 2.40. The van der Waals surface area contributed by atoms with Gasteiger partial charge < -0.3 is 19.9 Å². The van der Waals surface area contributed by atoms with E-state index in [2.05, 4.69) is 0 Å². The first-order valence-electron chi connectivity index (χ1n) is 8.68. The van der Waals surface area contributed by atoms with E-state index in [9.17, 15) is 14.4 Å². The second-order valence-corrected chi connectivity index (χ2v) is 7.98. The van der Waals surface area contributed by atoms with Gasteiger partial charge in [-0.1, -0.05) is 6.42 Å². The minimum Gasteiger partial charge on any atom is -0.465 e. The Bertz CT molecular complexity index is 728. The summed E-state index contributed by atoms with van der Waals surface area (Å²) >= 11 is 0.923. The van der Waals surface area contributed by atoms with Crippen molar-refractivity contribution in [2.45, 2.75) is 38.7 Å². The minimum atomic E-state index is -0.673. The number of thiophene rings is 1. The summed E-state index contributed by atoms with van der Waals surface area (Å²) in [5, 5.41) is 0.136. The molecule has 142 valence electrons. The molecule has 1 heterocycles. The summed E-state index contributed by atoms with van der Waals surface area (Å²) in [4.78, 5) is 36.4. The molecule has 0 spiro atoms. The zero-order chi connectivity index (χ0) is 18.8. The number of rotatable bonds is 6. The average Bonchev–Trinajstić information content (AvgIpc) is 3.32. The molecule has 26 heavy (non-hydrogen) atoms. The van der Waals surface area contributed by atoms with Crippen molar-refractivity contribution in [2.75, 3.05) is 20.0 Å². The molecule has 7 nitrogen and oxygen atoms in total. The molecular formula is C18H23NO6S. The highest BCUT2D eigenvalue weighted by atomic mass is 32.1. The monoisotopic (exact) mass is 381 g/mol. The van der Waals surface area contributed by atoms with Crippen LogP contribution >= 0.6 is 11.3 Å². The zero-order valence-corrected chi connectivity index (χ0v) is 15.7. The van der Waals surface area contributed by atoms with Crippen molar-refractivity contribution in [2.24, 2.45) is 17.8 Å². The maximum Gasteiger partial charge on any atom is 0.348 e. The van der Waals surface area contributed by atoms with Crippen LogP contribution in [0.5, 0.6) is 0 Å². The molecule has 3 rings (SSSR count). The molecule has 0 aliphatic heterocycles. The number of carbonyl (C=O) groups excluding carboxylic acids is 3. The van der Waals surface area contributed by atoms with Crippen LogP contribution < -0.4 is 5.73 Å². The summed E-state index contributed by atoms with van der Waals surface area (Å²) in [6, 6.07) is 0. The molecule has 2 N–H and O–H groups in total. The molecule has 3 atom stereocenters. The largest absolute Gasteiger partial charge is 0.465 e. The van der Waals surface area contributed by atoms with Gasteiger partial charge in [0, 0.05) is 12.0 Å². The lowest BCUT2D eigenvalue weighted by Crippen LogP contribution is -2.18. The lowest BCUT2D eigenvalue weighted by atomic mass is 9.86. The third-order valence-electron chi connectivity index (χ3n) is 5.49. The van der Waals surface area contributed by atoms with Crippen LogP contribution in [0.15, 0.2) is 0 Å². The Morgan fingerprint density at radius 1 is 1.12 bits per heavy atom. The van der Waals surface area contributed by atoms with Gasteiger partial charge in [-0.05, 0) is 37.0 Å². The van der Waals surface area contributed by atoms with E-state index in [0.717, 1.165) is 23.7 Å². The van der Waals surface area contributed by atoms with Crippen LogP contribution in [0.4, 0.5) is 5.00 Å². The highest BCUT2D eigenvalue weighted by molar-refractivity contribution is 7.18. The molecule has 2 bridgehead atoms. The van der Waals surface area contributed by atoms with Crippen LogP contribution in [0.3, 0.4) is 0 Å². The van der Waals surface area contributed by atoms with Crippen LogP contribution in [0, 0.1) is 17.8 Å². The van der Waals surface area contributed by atoms with Gasteiger partial charge in [0.2, 0.25) is 0 Å². The Hall–Kier alpha value is -2.09. The molecule has 2 aliphatic carbocycles. The van der Waals surface area contributed by atoms with Crippen molar-refractivity contribution in [3.8, 4) is 0 Å². The van der Waals surface area contributed by atoms with Crippen LogP contribution in [0.1, 0.15) is 57.7 Å². The number of esters is 3. The standard InChI is InChI=1S/C18H23NO6S/c1-23-17(21)14-12(15(18(22)24-2)26-16(14)19)8-25-13(20)7-11-6-9-3-4-10(11)5-9/h9-11H,3-8,19H2,1-2H3/t9-,10+,11-/m0/s1. The topological polar surface area (TPSA) is 105 Å². The first-order valence-corrected chi connectivity index (χ1v) is 9.49. The second-order valence-electron chi connectivity index (χ2n) is 6.93. The van der Waals surface area contributed by atoms with Crippen molar-refractivity contribution in [1.82, 2.24) is 0 Å². The van der Waals surface area contributed by atoms with E-state index >= 15 is 0 Å². The van der Waals surface area contributed by atoms with Crippen LogP contribution in [-0.2, 0) is 25.6 Å². The van der Waals surface area contributed by atoms with Gasteiger partial charge in [0.15, 0.2) is 0 Å². The second kappa shape index (κ2) is 7.65. The van der Waals surface area contributed by atoms with E-state index in [1.165, 1.54) is 33.5 Å². The van der Waals surface area contributed by atoms with Gasteiger partial charge in [0.1, 0.15) is 22.0 Å². The summed E-state index contributed by atoms with van der Waals surface area (Å²) in [5.74, 6) is 0.142. The molecule has 1 aromatic rings. The number of anilines is 1. The number of carbonyl (C=O) groups is 3. The van der Waals surface area contributed by atoms with E-state index in [4.69, 9.17) is 19.9 Å². The molecule has 0 aromatic carbocycles. The number of methoxy groups -OCH3 is 2. The number of nitrogens with two attached hydrogens (primary N) is 1. The van der Waals surface area contributed by atoms with E-state index < -0.39 is 11.9 Å². The van der Waals surface area contributed by atoms with Crippen LogP contribution in [-0.4, -0.2) is 32.1 Å². The Morgan fingerprint density at radius 2 is 1.85 bits per heavy atom. The fourth-order valence-electron chi connectivity index (χ4n) is 4.26. The summed E-state index contributed by atoms with van der Waals surface area (Å²) < 4.78 is 14.8. The van der Waals surface area contributed by atoms with Gasteiger partial charge in [-0.15, -0.1) is 11.3 Å². The fourth-order valence-corrected chi connectivity index (χ4v) is 5.24. The normalized spacial score (nSPS) is 23.7. The van der Waals surface area contributed by atoms with Gasteiger partial charge >= 0.3 is 17.9 Å². The third-order valence-corrected chi connectivity index (χ3v) is 6.53. The number of hydrogen-bond donors (Lipinski definition) is 1. The van der Waals surface area contributed by atoms with Crippen molar-refractivity contribution in [3.63, 3.8) is 0 Å². The molecule has 2 fully saturated rings. The quantitative estimate of drug-likeness (QED) is 0.596. The summed E-state index contributed by atoms with van der Waals surface area (Å²) in [7, 11) is 2.46. The predicted octanol–water partition coefficient (Wildman–Crippen LogP) is 2.77. The number of fused-ring (bicyclic) bond motifs is 2. The molecule has 1 aromatic heterocycles.